The fourth-order valence-electron chi connectivity index (χ4n) is 1.84. The molecule has 7 heteroatoms. The van der Waals surface area contributed by atoms with Crippen molar-refractivity contribution in [2.75, 3.05) is 18.5 Å². The second-order valence-corrected chi connectivity index (χ2v) is 5.58. The monoisotopic (exact) mass is 333 g/mol. The summed E-state index contributed by atoms with van der Waals surface area (Å²) in [6, 6.07) is 8.84. The molecule has 0 spiro atoms. The Morgan fingerprint density at radius 2 is 2.09 bits per heavy atom. The number of thiophene rings is 1. The first-order valence-corrected chi connectivity index (χ1v) is 8.11. The van der Waals surface area contributed by atoms with Crippen LogP contribution < -0.4 is 20.7 Å². The minimum atomic E-state index is -0.230. The smallest absolute Gasteiger partial charge is 0.315 e. The van der Waals surface area contributed by atoms with Crippen LogP contribution in [0.3, 0.4) is 0 Å². The summed E-state index contributed by atoms with van der Waals surface area (Å²) < 4.78 is 5.54. The average molecular weight is 333 g/mol. The number of benzene rings is 1. The normalized spacial score (nSPS) is 9.96. The molecule has 2 rings (SSSR count). The Morgan fingerprint density at radius 1 is 1.22 bits per heavy atom. The summed E-state index contributed by atoms with van der Waals surface area (Å²) in [6.07, 6.45) is 0. The van der Waals surface area contributed by atoms with E-state index in [0.717, 1.165) is 5.56 Å². The van der Waals surface area contributed by atoms with Crippen molar-refractivity contribution in [1.29, 1.82) is 0 Å². The number of nitrogens with one attached hydrogen (secondary N) is 3. The lowest BCUT2D eigenvalue weighted by atomic mass is 10.3. The van der Waals surface area contributed by atoms with Crippen LogP contribution in [0.2, 0.25) is 0 Å². The molecule has 0 aliphatic carbocycles. The van der Waals surface area contributed by atoms with Gasteiger partial charge in [0, 0.05) is 25.2 Å². The molecule has 0 radical (unpaired) electrons. The lowest BCUT2D eigenvalue weighted by Crippen LogP contribution is -2.37. The molecule has 3 amide bonds. The molecule has 0 aliphatic heterocycles. The van der Waals surface area contributed by atoms with E-state index in [0.29, 0.717) is 31.1 Å². The molecular formula is C16H19N3O3S. The van der Waals surface area contributed by atoms with Crippen LogP contribution in [0.5, 0.6) is 5.75 Å². The Balaban J connectivity index is 1.64. The standard InChI is InChI=1S/C16H19N3O3S/c1-12(20)19-14-3-2-4-15(9-14)22-7-6-17-16(21)18-10-13-5-8-23-11-13/h2-5,8-9,11H,6-7,10H2,1H3,(H,19,20)(H2,17,18,21). The van der Waals surface area contributed by atoms with Crippen LogP contribution in [0, 0.1) is 0 Å². The Kier molecular flexibility index (Phi) is 6.43. The second kappa shape index (κ2) is 8.79. The summed E-state index contributed by atoms with van der Waals surface area (Å²) in [7, 11) is 0. The van der Waals surface area contributed by atoms with Crippen molar-refractivity contribution in [2.45, 2.75) is 13.5 Å². The van der Waals surface area contributed by atoms with Gasteiger partial charge in [0.1, 0.15) is 12.4 Å². The fourth-order valence-corrected chi connectivity index (χ4v) is 2.51. The van der Waals surface area contributed by atoms with Gasteiger partial charge in [0.15, 0.2) is 0 Å². The molecule has 0 unspecified atom stereocenters. The van der Waals surface area contributed by atoms with Crippen LogP contribution in [0.25, 0.3) is 0 Å². The number of ether oxygens (including phenoxy) is 1. The molecule has 3 N–H and O–H groups in total. The highest BCUT2D eigenvalue weighted by molar-refractivity contribution is 7.07. The summed E-state index contributed by atoms with van der Waals surface area (Å²) in [5, 5.41) is 12.1. The highest BCUT2D eigenvalue weighted by Gasteiger charge is 2.01. The van der Waals surface area contributed by atoms with E-state index in [2.05, 4.69) is 16.0 Å². The molecule has 23 heavy (non-hydrogen) atoms. The summed E-state index contributed by atoms with van der Waals surface area (Å²) in [4.78, 5) is 22.6. The maximum atomic E-state index is 11.6. The van der Waals surface area contributed by atoms with Crippen molar-refractivity contribution in [3.8, 4) is 5.75 Å². The molecule has 2 aromatic rings. The molecule has 0 bridgehead atoms. The van der Waals surface area contributed by atoms with Gasteiger partial charge in [0.05, 0.1) is 6.54 Å². The number of rotatable bonds is 7. The zero-order chi connectivity index (χ0) is 16.5. The summed E-state index contributed by atoms with van der Waals surface area (Å²) in [5.41, 5.74) is 1.76. The van der Waals surface area contributed by atoms with Gasteiger partial charge in [-0.05, 0) is 34.5 Å². The minimum absolute atomic E-state index is 0.133. The van der Waals surface area contributed by atoms with Crippen molar-refractivity contribution < 1.29 is 14.3 Å². The molecular weight excluding hydrogens is 314 g/mol. The molecule has 1 aromatic carbocycles. The first-order valence-electron chi connectivity index (χ1n) is 7.17. The number of hydrogen-bond donors (Lipinski definition) is 3. The highest BCUT2D eigenvalue weighted by atomic mass is 32.1. The van der Waals surface area contributed by atoms with Crippen LogP contribution in [-0.4, -0.2) is 25.1 Å². The Labute approximate surface area is 138 Å². The Morgan fingerprint density at radius 3 is 2.83 bits per heavy atom. The third-order valence-corrected chi connectivity index (χ3v) is 3.58. The largest absolute Gasteiger partial charge is 0.492 e. The quantitative estimate of drug-likeness (QED) is 0.681. The van der Waals surface area contributed by atoms with E-state index in [1.807, 2.05) is 16.8 Å². The Hall–Kier alpha value is -2.54. The minimum Gasteiger partial charge on any atom is -0.492 e. The van der Waals surface area contributed by atoms with Gasteiger partial charge in [-0.15, -0.1) is 0 Å². The SMILES string of the molecule is CC(=O)Nc1cccc(OCCNC(=O)NCc2ccsc2)c1. The van der Waals surface area contributed by atoms with Crippen molar-refractivity contribution in [3.05, 3.63) is 46.7 Å². The van der Waals surface area contributed by atoms with E-state index in [9.17, 15) is 9.59 Å². The van der Waals surface area contributed by atoms with Gasteiger partial charge in [0.2, 0.25) is 5.91 Å². The maximum Gasteiger partial charge on any atom is 0.315 e. The average Bonchev–Trinajstić information content (AvgIpc) is 3.03. The molecule has 122 valence electrons. The van der Waals surface area contributed by atoms with Crippen molar-refractivity contribution >= 4 is 29.0 Å². The molecule has 0 aliphatic rings. The van der Waals surface area contributed by atoms with Crippen LogP contribution in [0.1, 0.15) is 12.5 Å². The van der Waals surface area contributed by atoms with Crippen molar-refractivity contribution in [1.82, 2.24) is 10.6 Å². The van der Waals surface area contributed by atoms with Gasteiger partial charge in [-0.1, -0.05) is 6.07 Å². The number of hydrogen-bond acceptors (Lipinski definition) is 4. The van der Waals surface area contributed by atoms with Crippen LogP contribution >= 0.6 is 11.3 Å². The van der Waals surface area contributed by atoms with Gasteiger partial charge < -0.3 is 20.7 Å². The predicted molar refractivity (Wildman–Crippen MR) is 90.8 cm³/mol. The lowest BCUT2D eigenvalue weighted by Gasteiger charge is -2.10. The topological polar surface area (TPSA) is 79.5 Å². The van der Waals surface area contributed by atoms with Crippen LogP contribution in [0.15, 0.2) is 41.1 Å². The number of urea groups is 1. The number of anilines is 1. The molecule has 0 atom stereocenters. The fraction of sp³-hybridized carbons (Fsp3) is 0.250. The van der Waals surface area contributed by atoms with E-state index in [-0.39, 0.29) is 11.9 Å². The van der Waals surface area contributed by atoms with E-state index < -0.39 is 0 Å². The zero-order valence-electron chi connectivity index (χ0n) is 12.8. The highest BCUT2D eigenvalue weighted by Crippen LogP contribution is 2.16. The molecule has 1 aromatic heterocycles. The summed E-state index contributed by atoms with van der Waals surface area (Å²) >= 11 is 1.60. The predicted octanol–water partition coefficient (Wildman–Crippen LogP) is 2.58. The molecule has 0 saturated carbocycles. The third-order valence-electron chi connectivity index (χ3n) is 2.84. The van der Waals surface area contributed by atoms with Gasteiger partial charge in [-0.2, -0.15) is 11.3 Å². The summed E-state index contributed by atoms with van der Waals surface area (Å²) in [5.74, 6) is 0.503. The lowest BCUT2D eigenvalue weighted by molar-refractivity contribution is -0.114. The van der Waals surface area contributed by atoms with E-state index in [1.165, 1.54) is 6.92 Å². The van der Waals surface area contributed by atoms with E-state index >= 15 is 0 Å². The molecule has 1 heterocycles. The zero-order valence-corrected chi connectivity index (χ0v) is 13.6. The Bertz CT molecular complexity index is 644. The van der Waals surface area contributed by atoms with Gasteiger partial charge >= 0.3 is 6.03 Å². The van der Waals surface area contributed by atoms with E-state index in [1.54, 1.807) is 35.6 Å². The van der Waals surface area contributed by atoms with Gasteiger partial charge in [-0.3, -0.25) is 4.79 Å². The third kappa shape index (κ3) is 6.39. The van der Waals surface area contributed by atoms with Crippen molar-refractivity contribution in [3.63, 3.8) is 0 Å². The summed E-state index contributed by atoms with van der Waals surface area (Å²) in [6.45, 7) is 2.69. The van der Waals surface area contributed by atoms with Crippen molar-refractivity contribution in [2.24, 2.45) is 0 Å². The maximum absolute atomic E-state index is 11.6. The number of amides is 3. The van der Waals surface area contributed by atoms with Crippen LogP contribution in [-0.2, 0) is 11.3 Å². The first-order chi connectivity index (χ1) is 11.1. The molecule has 0 saturated heterocycles. The molecule has 6 nitrogen and oxygen atoms in total. The van der Waals surface area contributed by atoms with Gasteiger partial charge in [0.25, 0.3) is 0 Å². The molecule has 0 fully saturated rings. The second-order valence-electron chi connectivity index (χ2n) is 4.80. The number of carbonyl (C=O) groups is 2. The number of carbonyl (C=O) groups excluding carboxylic acids is 2. The van der Waals surface area contributed by atoms with Gasteiger partial charge in [-0.25, -0.2) is 4.79 Å². The van der Waals surface area contributed by atoms with Crippen LogP contribution in [0.4, 0.5) is 10.5 Å². The first kappa shape index (κ1) is 16.8. The van der Waals surface area contributed by atoms with E-state index in [4.69, 9.17) is 4.74 Å².